The summed E-state index contributed by atoms with van der Waals surface area (Å²) in [6.45, 7) is 10.3. The maximum absolute atomic E-state index is 12.4. The Morgan fingerprint density at radius 2 is 2.00 bits per heavy atom. The van der Waals surface area contributed by atoms with Crippen LogP contribution in [0.3, 0.4) is 0 Å². The van der Waals surface area contributed by atoms with Gasteiger partial charge in [-0.05, 0) is 31.6 Å². The fourth-order valence-corrected chi connectivity index (χ4v) is 2.40. The van der Waals surface area contributed by atoms with Gasteiger partial charge in [-0.3, -0.25) is 4.79 Å². The summed E-state index contributed by atoms with van der Waals surface area (Å²) >= 11 is 0. The van der Waals surface area contributed by atoms with Gasteiger partial charge in [0, 0.05) is 12.1 Å². The van der Waals surface area contributed by atoms with E-state index < -0.39 is 0 Å². The molecule has 16 heavy (non-hydrogen) atoms. The van der Waals surface area contributed by atoms with Gasteiger partial charge in [0.1, 0.15) is 0 Å². The predicted molar refractivity (Wildman–Crippen MR) is 67.1 cm³/mol. The van der Waals surface area contributed by atoms with Crippen LogP contribution in [0.1, 0.15) is 53.9 Å². The molecule has 2 unspecified atom stereocenters. The maximum atomic E-state index is 12.4. The van der Waals surface area contributed by atoms with Crippen LogP contribution >= 0.6 is 0 Å². The van der Waals surface area contributed by atoms with Gasteiger partial charge < -0.3 is 10.6 Å². The topological polar surface area (TPSA) is 46.3 Å². The van der Waals surface area contributed by atoms with Crippen molar-refractivity contribution >= 4 is 5.91 Å². The molecule has 0 bridgehead atoms. The lowest BCUT2D eigenvalue weighted by atomic mass is 9.86. The summed E-state index contributed by atoms with van der Waals surface area (Å²) in [5.74, 6) is 0.129. The normalized spacial score (nSPS) is 28.2. The van der Waals surface area contributed by atoms with E-state index >= 15 is 0 Å². The van der Waals surface area contributed by atoms with Crippen LogP contribution in [0, 0.1) is 5.41 Å². The minimum atomic E-state index is -0.387. The van der Waals surface area contributed by atoms with E-state index in [-0.39, 0.29) is 17.4 Å². The van der Waals surface area contributed by atoms with Crippen molar-refractivity contribution in [2.45, 2.75) is 72.0 Å². The van der Waals surface area contributed by atoms with E-state index in [9.17, 15) is 4.79 Å². The Bertz CT molecular complexity index is 257. The molecule has 1 rings (SSSR count). The number of hydrogen-bond acceptors (Lipinski definition) is 2. The first kappa shape index (κ1) is 13.5. The summed E-state index contributed by atoms with van der Waals surface area (Å²) in [5.41, 5.74) is 5.91. The smallest absolute Gasteiger partial charge is 0.240 e. The van der Waals surface area contributed by atoms with Gasteiger partial charge in [0.05, 0.1) is 6.04 Å². The summed E-state index contributed by atoms with van der Waals surface area (Å²) in [6, 6.07) is 0.365. The molecule has 1 amide bonds. The Hall–Kier alpha value is -0.570. The van der Waals surface area contributed by atoms with Crippen LogP contribution in [-0.4, -0.2) is 28.9 Å². The SMILES string of the molecule is CCC1CCC(C)N1C(=O)[C@H](N)C(C)(C)C. The number of rotatable bonds is 2. The van der Waals surface area contributed by atoms with Crippen molar-refractivity contribution in [2.75, 3.05) is 0 Å². The monoisotopic (exact) mass is 226 g/mol. The molecule has 3 heteroatoms. The zero-order valence-corrected chi connectivity index (χ0v) is 11.3. The Labute approximate surface area is 99.4 Å². The number of nitrogens with zero attached hydrogens (tertiary/aromatic N) is 1. The fraction of sp³-hybridized carbons (Fsp3) is 0.923. The van der Waals surface area contributed by atoms with E-state index in [4.69, 9.17) is 5.73 Å². The molecule has 1 fully saturated rings. The first-order chi connectivity index (χ1) is 7.29. The molecule has 1 aliphatic heterocycles. The Morgan fingerprint density at radius 1 is 1.44 bits per heavy atom. The van der Waals surface area contributed by atoms with E-state index in [0.29, 0.717) is 12.1 Å². The molecule has 0 radical (unpaired) electrons. The molecule has 0 aliphatic carbocycles. The molecule has 1 aliphatic rings. The third-order valence-electron chi connectivity index (χ3n) is 3.71. The first-order valence-electron chi connectivity index (χ1n) is 6.36. The van der Waals surface area contributed by atoms with Crippen LogP contribution in [0.5, 0.6) is 0 Å². The lowest BCUT2D eigenvalue weighted by molar-refractivity contribution is -0.137. The van der Waals surface area contributed by atoms with Crippen LogP contribution in [0.15, 0.2) is 0 Å². The van der Waals surface area contributed by atoms with Gasteiger partial charge in [-0.1, -0.05) is 27.7 Å². The second-order valence-electron chi connectivity index (χ2n) is 6.08. The van der Waals surface area contributed by atoms with E-state index in [1.54, 1.807) is 0 Å². The summed E-state index contributed by atoms with van der Waals surface area (Å²) in [7, 11) is 0. The molecular formula is C13H26N2O. The van der Waals surface area contributed by atoms with E-state index in [2.05, 4.69) is 13.8 Å². The lowest BCUT2D eigenvalue weighted by Gasteiger charge is -2.35. The van der Waals surface area contributed by atoms with Crippen LogP contribution in [0.2, 0.25) is 0 Å². The van der Waals surface area contributed by atoms with Gasteiger partial charge in [0.25, 0.3) is 0 Å². The second-order valence-corrected chi connectivity index (χ2v) is 6.08. The highest BCUT2D eigenvalue weighted by molar-refractivity contribution is 5.83. The van der Waals surface area contributed by atoms with Gasteiger partial charge in [-0.15, -0.1) is 0 Å². The molecular weight excluding hydrogens is 200 g/mol. The van der Waals surface area contributed by atoms with Crippen molar-refractivity contribution in [2.24, 2.45) is 11.1 Å². The highest BCUT2D eigenvalue weighted by Crippen LogP contribution is 2.29. The molecule has 3 nitrogen and oxygen atoms in total. The summed E-state index contributed by atoms with van der Waals surface area (Å²) in [4.78, 5) is 14.4. The van der Waals surface area contributed by atoms with E-state index in [1.165, 1.54) is 0 Å². The fourth-order valence-electron chi connectivity index (χ4n) is 2.40. The molecule has 0 aromatic heterocycles. The van der Waals surface area contributed by atoms with E-state index in [0.717, 1.165) is 19.3 Å². The molecule has 1 saturated heterocycles. The molecule has 0 aromatic rings. The number of carbonyl (C=O) groups excluding carboxylic acids is 1. The third kappa shape index (κ3) is 2.57. The molecule has 0 spiro atoms. The second kappa shape index (κ2) is 4.74. The number of likely N-dealkylation sites (tertiary alicyclic amines) is 1. The Kier molecular flexibility index (Phi) is 4.00. The summed E-state index contributed by atoms with van der Waals surface area (Å²) < 4.78 is 0. The molecule has 3 atom stereocenters. The highest BCUT2D eigenvalue weighted by Gasteiger charge is 2.38. The van der Waals surface area contributed by atoms with Crippen molar-refractivity contribution < 1.29 is 4.79 Å². The number of hydrogen-bond donors (Lipinski definition) is 1. The van der Waals surface area contributed by atoms with Crippen LogP contribution in [-0.2, 0) is 4.79 Å². The Morgan fingerprint density at radius 3 is 2.44 bits per heavy atom. The van der Waals surface area contributed by atoms with Crippen molar-refractivity contribution in [3.63, 3.8) is 0 Å². The number of carbonyl (C=O) groups is 1. The first-order valence-corrected chi connectivity index (χ1v) is 6.36. The highest BCUT2D eigenvalue weighted by atomic mass is 16.2. The van der Waals surface area contributed by atoms with Crippen LogP contribution < -0.4 is 5.73 Å². The predicted octanol–water partition coefficient (Wildman–Crippen LogP) is 2.15. The van der Waals surface area contributed by atoms with Gasteiger partial charge in [-0.25, -0.2) is 0 Å². The molecule has 0 aromatic carbocycles. The van der Waals surface area contributed by atoms with Crippen molar-refractivity contribution in [3.05, 3.63) is 0 Å². The minimum absolute atomic E-state index is 0.129. The van der Waals surface area contributed by atoms with Gasteiger partial charge >= 0.3 is 0 Å². The van der Waals surface area contributed by atoms with Gasteiger partial charge in [0.15, 0.2) is 0 Å². The Balaban J connectivity index is 2.79. The number of amides is 1. The van der Waals surface area contributed by atoms with Crippen LogP contribution in [0.4, 0.5) is 0 Å². The van der Waals surface area contributed by atoms with Gasteiger partial charge in [0.2, 0.25) is 5.91 Å². The average Bonchev–Trinajstić information content (AvgIpc) is 2.56. The minimum Gasteiger partial charge on any atom is -0.336 e. The molecule has 1 heterocycles. The van der Waals surface area contributed by atoms with Crippen molar-refractivity contribution in [1.82, 2.24) is 4.90 Å². The van der Waals surface area contributed by atoms with Crippen molar-refractivity contribution in [1.29, 1.82) is 0 Å². The molecule has 0 saturated carbocycles. The average molecular weight is 226 g/mol. The van der Waals surface area contributed by atoms with Crippen molar-refractivity contribution in [3.8, 4) is 0 Å². The van der Waals surface area contributed by atoms with Crippen LogP contribution in [0.25, 0.3) is 0 Å². The van der Waals surface area contributed by atoms with Gasteiger partial charge in [-0.2, -0.15) is 0 Å². The number of nitrogens with two attached hydrogens (primary N) is 1. The zero-order chi connectivity index (χ0) is 12.5. The summed E-state index contributed by atoms with van der Waals surface area (Å²) in [5, 5.41) is 0. The lowest BCUT2D eigenvalue weighted by Crippen LogP contribution is -2.53. The quantitative estimate of drug-likeness (QED) is 0.784. The molecule has 2 N–H and O–H groups in total. The maximum Gasteiger partial charge on any atom is 0.240 e. The standard InChI is InChI=1S/C13H26N2O/c1-6-10-8-7-9(2)15(10)12(16)11(14)13(3,4)5/h9-11H,6-8,14H2,1-5H3/t9?,10?,11-/m0/s1. The van der Waals surface area contributed by atoms with E-state index in [1.807, 2.05) is 25.7 Å². The third-order valence-corrected chi connectivity index (χ3v) is 3.71. The zero-order valence-electron chi connectivity index (χ0n) is 11.3. The largest absolute Gasteiger partial charge is 0.336 e. The summed E-state index contributed by atoms with van der Waals surface area (Å²) in [6.07, 6.45) is 3.27. The molecule has 94 valence electrons.